The topological polar surface area (TPSA) is 51.5 Å². The summed E-state index contributed by atoms with van der Waals surface area (Å²) in [5.74, 6) is 0.321. The maximum Gasteiger partial charge on any atom is 0.418 e. The summed E-state index contributed by atoms with van der Waals surface area (Å²) in [5, 5.41) is 10.9. The molecular formula is C17H14BrNO3. The van der Waals surface area contributed by atoms with E-state index in [2.05, 4.69) is 15.9 Å². The van der Waals surface area contributed by atoms with E-state index in [9.17, 15) is 9.90 Å². The smallest absolute Gasteiger partial charge is 0.418 e. The summed E-state index contributed by atoms with van der Waals surface area (Å²) in [6, 6.07) is 18.8. The number of alkyl halides is 1. The lowest BCUT2D eigenvalue weighted by atomic mass is 10.1. The van der Waals surface area contributed by atoms with E-state index in [0.29, 0.717) is 16.7 Å². The predicted molar refractivity (Wildman–Crippen MR) is 89.0 cm³/mol. The van der Waals surface area contributed by atoms with E-state index in [1.807, 2.05) is 48.5 Å². The van der Waals surface area contributed by atoms with Gasteiger partial charge in [0, 0.05) is 16.8 Å². The van der Waals surface area contributed by atoms with Crippen molar-refractivity contribution in [3.05, 3.63) is 66.2 Å². The molecule has 4 nitrogen and oxygen atoms in total. The monoisotopic (exact) mass is 359 g/mol. The van der Waals surface area contributed by atoms with Gasteiger partial charge in [0.25, 0.3) is 0 Å². The third-order valence-electron chi connectivity index (χ3n) is 3.44. The number of nitrogens with zero attached hydrogens (tertiary/aromatic N) is 1. The SMILES string of the molecule is O=C(O)n1c(OC(CBr)c2ccccc2)cc2ccccc21. The number of hydrogen-bond donors (Lipinski definition) is 1. The van der Waals surface area contributed by atoms with Crippen molar-refractivity contribution in [3.8, 4) is 5.88 Å². The molecule has 1 atom stereocenters. The predicted octanol–water partition coefficient (Wildman–Crippen LogP) is 4.68. The van der Waals surface area contributed by atoms with Gasteiger partial charge in [-0.15, -0.1) is 0 Å². The van der Waals surface area contributed by atoms with Gasteiger partial charge in [-0.2, -0.15) is 0 Å². The molecule has 3 aromatic rings. The molecule has 0 saturated heterocycles. The lowest BCUT2D eigenvalue weighted by Crippen LogP contribution is -2.15. The van der Waals surface area contributed by atoms with E-state index in [-0.39, 0.29) is 6.10 Å². The second-order valence-corrected chi connectivity index (χ2v) is 5.48. The van der Waals surface area contributed by atoms with Crippen LogP contribution in [0, 0.1) is 0 Å². The molecule has 0 aliphatic carbocycles. The number of benzene rings is 2. The Labute approximate surface area is 136 Å². The molecular weight excluding hydrogens is 346 g/mol. The second kappa shape index (κ2) is 6.23. The fourth-order valence-electron chi connectivity index (χ4n) is 2.42. The average molecular weight is 360 g/mol. The lowest BCUT2D eigenvalue weighted by Gasteiger charge is -2.17. The molecule has 1 unspecified atom stereocenters. The molecule has 1 heterocycles. The highest BCUT2D eigenvalue weighted by Crippen LogP contribution is 2.30. The van der Waals surface area contributed by atoms with Gasteiger partial charge in [-0.3, -0.25) is 0 Å². The van der Waals surface area contributed by atoms with Crippen LogP contribution in [0.15, 0.2) is 60.7 Å². The Morgan fingerprint density at radius 2 is 1.82 bits per heavy atom. The third-order valence-corrected chi connectivity index (χ3v) is 4.03. The van der Waals surface area contributed by atoms with Gasteiger partial charge < -0.3 is 9.84 Å². The van der Waals surface area contributed by atoms with Crippen LogP contribution in [0.25, 0.3) is 10.9 Å². The van der Waals surface area contributed by atoms with Crippen LogP contribution in [0.3, 0.4) is 0 Å². The number of hydrogen-bond acceptors (Lipinski definition) is 2. The first-order valence-corrected chi connectivity index (χ1v) is 7.94. The van der Waals surface area contributed by atoms with Crippen LogP contribution in [0.5, 0.6) is 5.88 Å². The Balaban J connectivity index is 2.02. The zero-order chi connectivity index (χ0) is 15.5. The number of ether oxygens (including phenoxy) is 1. The molecule has 0 aliphatic heterocycles. The summed E-state index contributed by atoms with van der Waals surface area (Å²) in [7, 11) is 0. The van der Waals surface area contributed by atoms with E-state index in [1.165, 1.54) is 4.57 Å². The van der Waals surface area contributed by atoms with Gasteiger partial charge in [0.1, 0.15) is 6.10 Å². The van der Waals surface area contributed by atoms with Gasteiger partial charge in [-0.05, 0) is 11.6 Å². The highest BCUT2D eigenvalue weighted by atomic mass is 79.9. The Kier molecular flexibility index (Phi) is 4.15. The maximum atomic E-state index is 11.6. The number of halogens is 1. The molecule has 0 spiro atoms. The zero-order valence-corrected chi connectivity index (χ0v) is 13.2. The van der Waals surface area contributed by atoms with Gasteiger partial charge >= 0.3 is 6.09 Å². The van der Waals surface area contributed by atoms with E-state index in [1.54, 1.807) is 12.1 Å². The normalized spacial score (nSPS) is 12.2. The summed E-state index contributed by atoms with van der Waals surface area (Å²) in [5.41, 5.74) is 1.60. The van der Waals surface area contributed by atoms with Crippen LogP contribution in [-0.4, -0.2) is 21.1 Å². The molecule has 0 amide bonds. The van der Waals surface area contributed by atoms with Gasteiger partial charge in [0.2, 0.25) is 5.88 Å². The zero-order valence-electron chi connectivity index (χ0n) is 11.6. The summed E-state index contributed by atoms with van der Waals surface area (Å²) in [6.07, 6.45) is -1.32. The van der Waals surface area contributed by atoms with Crippen molar-refractivity contribution >= 4 is 32.9 Å². The van der Waals surface area contributed by atoms with E-state index in [0.717, 1.165) is 10.9 Å². The van der Waals surface area contributed by atoms with Crippen molar-refractivity contribution in [2.45, 2.75) is 6.10 Å². The van der Waals surface area contributed by atoms with Crippen LogP contribution in [0.4, 0.5) is 4.79 Å². The molecule has 112 valence electrons. The van der Waals surface area contributed by atoms with Crippen molar-refractivity contribution < 1.29 is 14.6 Å². The fraction of sp³-hybridized carbons (Fsp3) is 0.118. The molecule has 0 aliphatic rings. The third kappa shape index (κ3) is 2.72. The van der Waals surface area contributed by atoms with Crippen molar-refractivity contribution in [2.24, 2.45) is 0 Å². The molecule has 0 bridgehead atoms. The van der Waals surface area contributed by atoms with Crippen LogP contribution in [0.2, 0.25) is 0 Å². The minimum Gasteiger partial charge on any atom is -0.469 e. The summed E-state index contributed by atoms with van der Waals surface area (Å²) in [4.78, 5) is 11.6. The summed E-state index contributed by atoms with van der Waals surface area (Å²) >= 11 is 3.43. The minimum absolute atomic E-state index is 0.261. The molecule has 0 saturated carbocycles. The number of para-hydroxylation sites is 1. The van der Waals surface area contributed by atoms with Crippen LogP contribution in [0.1, 0.15) is 11.7 Å². The van der Waals surface area contributed by atoms with Crippen molar-refractivity contribution in [3.63, 3.8) is 0 Å². The van der Waals surface area contributed by atoms with E-state index < -0.39 is 6.09 Å². The van der Waals surface area contributed by atoms with Gasteiger partial charge in [-0.25, -0.2) is 9.36 Å². The Morgan fingerprint density at radius 1 is 1.14 bits per heavy atom. The number of rotatable bonds is 4. The van der Waals surface area contributed by atoms with Crippen molar-refractivity contribution in [1.82, 2.24) is 4.57 Å². The van der Waals surface area contributed by atoms with E-state index >= 15 is 0 Å². The minimum atomic E-state index is -1.06. The van der Waals surface area contributed by atoms with Crippen LogP contribution >= 0.6 is 15.9 Å². The van der Waals surface area contributed by atoms with Gasteiger partial charge in [-0.1, -0.05) is 64.5 Å². The number of carbonyl (C=O) groups is 1. The quantitative estimate of drug-likeness (QED) is 0.687. The Hall–Kier alpha value is -2.27. The summed E-state index contributed by atoms with van der Waals surface area (Å²) < 4.78 is 7.14. The Bertz CT molecular complexity index is 798. The van der Waals surface area contributed by atoms with Crippen molar-refractivity contribution in [2.75, 3.05) is 5.33 Å². The van der Waals surface area contributed by atoms with Gasteiger partial charge in [0.05, 0.1) is 5.52 Å². The van der Waals surface area contributed by atoms with Crippen molar-refractivity contribution in [1.29, 1.82) is 0 Å². The first kappa shape index (κ1) is 14.7. The summed E-state index contributed by atoms with van der Waals surface area (Å²) in [6.45, 7) is 0. The standard InChI is InChI=1S/C17H14BrNO3/c18-11-15(12-6-2-1-3-7-12)22-16-10-13-8-4-5-9-14(13)19(16)17(20)21/h1-10,15H,11H2,(H,20,21). The first-order chi connectivity index (χ1) is 10.7. The first-order valence-electron chi connectivity index (χ1n) is 6.82. The van der Waals surface area contributed by atoms with Crippen LogP contribution < -0.4 is 4.74 Å². The number of fused-ring (bicyclic) bond motifs is 1. The van der Waals surface area contributed by atoms with E-state index in [4.69, 9.17) is 4.74 Å². The molecule has 2 aromatic carbocycles. The molecule has 22 heavy (non-hydrogen) atoms. The molecule has 0 radical (unpaired) electrons. The molecule has 0 fully saturated rings. The molecule has 5 heteroatoms. The molecule has 3 rings (SSSR count). The number of carboxylic acid groups (broad SMARTS) is 1. The highest BCUT2D eigenvalue weighted by molar-refractivity contribution is 9.09. The maximum absolute atomic E-state index is 11.6. The van der Waals surface area contributed by atoms with Crippen LogP contribution in [-0.2, 0) is 0 Å². The number of aromatic nitrogens is 1. The highest BCUT2D eigenvalue weighted by Gasteiger charge is 2.19. The lowest BCUT2D eigenvalue weighted by molar-refractivity contribution is 0.182. The Morgan fingerprint density at radius 3 is 2.50 bits per heavy atom. The second-order valence-electron chi connectivity index (χ2n) is 4.83. The molecule has 1 aromatic heterocycles. The largest absolute Gasteiger partial charge is 0.469 e. The molecule has 1 N–H and O–H groups in total. The fourth-order valence-corrected chi connectivity index (χ4v) is 2.92. The van der Waals surface area contributed by atoms with Gasteiger partial charge in [0.15, 0.2) is 0 Å². The average Bonchev–Trinajstić information content (AvgIpc) is 2.91.